The Labute approximate surface area is 121 Å². The molecule has 1 aliphatic heterocycles. The normalized spacial score (nSPS) is 14.5. The summed E-state index contributed by atoms with van der Waals surface area (Å²) in [6.45, 7) is 2.47. The first kappa shape index (κ1) is 13.1. The maximum Gasteiger partial charge on any atom is 0.261 e. The summed E-state index contributed by atoms with van der Waals surface area (Å²) in [5, 5.41) is 4.78. The quantitative estimate of drug-likeness (QED) is 0.935. The Hall–Kier alpha value is -1.95. The van der Waals surface area contributed by atoms with Gasteiger partial charge in [-0.15, -0.1) is 11.3 Å². The molecule has 1 N–H and O–H groups in total. The van der Waals surface area contributed by atoms with Crippen LogP contribution in [-0.2, 0) is 6.54 Å². The average Bonchev–Trinajstić information content (AvgIpc) is 3.17. The highest BCUT2D eigenvalue weighted by Crippen LogP contribution is 2.15. The number of amides is 1. The van der Waals surface area contributed by atoms with Gasteiger partial charge in [-0.25, -0.2) is 9.97 Å². The minimum Gasteiger partial charge on any atom is -0.346 e. The molecule has 1 amide bonds. The first-order valence-corrected chi connectivity index (χ1v) is 7.59. The number of carbonyl (C=O) groups excluding carboxylic acids is 1. The molecule has 2 aromatic rings. The van der Waals surface area contributed by atoms with Gasteiger partial charge >= 0.3 is 0 Å². The van der Waals surface area contributed by atoms with E-state index in [-0.39, 0.29) is 5.91 Å². The number of aromatic nitrogens is 2. The Morgan fingerprint density at radius 1 is 1.35 bits per heavy atom. The Morgan fingerprint density at radius 2 is 2.20 bits per heavy atom. The second-order valence-electron chi connectivity index (χ2n) is 4.70. The van der Waals surface area contributed by atoms with Crippen molar-refractivity contribution in [3.05, 3.63) is 40.3 Å². The van der Waals surface area contributed by atoms with Crippen LogP contribution in [0.4, 0.5) is 5.95 Å². The Morgan fingerprint density at radius 3 is 2.95 bits per heavy atom. The van der Waals surface area contributed by atoms with E-state index in [4.69, 9.17) is 0 Å². The van der Waals surface area contributed by atoms with Gasteiger partial charge in [0.15, 0.2) is 0 Å². The summed E-state index contributed by atoms with van der Waals surface area (Å²) >= 11 is 1.44. The molecule has 0 aliphatic carbocycles. The highest BCUT2D eigenvalue weighted by Gasteiger charge is 2.15. The molecule has 0 saturated carbocycles. The molecule has 104 valence electrons. The molecule has 1 fully saturated rings. The van der Waals surface area contributed by atoms with E-state index in [0.717, 1.165) is 29.6 Å². The van der Waals surface area contributed by atoms with Crippen LogP contribution < -0.4 is 10.2 Å². The van der Waals surface area contributed by atoms with Crippen LogP contribution in [0, 0.1) is 0 Å². The monoisotopic (exact) mass is 288 g/mol. The van der Waals surface area contributed by atoms with E-state index in [1.54, 1.807) is 6.20 Å². The summed E-state index contributed by atoms with van der Waals surface area (Å²) in [6, 6.07) is 5.53. The molecule has 0 bridgehead atoms. The molecular formula is C14H16N4OS. The van der Waals surface area contributed by atoms with Crippen LogP contribution >= 0.6 is 11.3 Å². The molecule has 5 nitrogen and oxygen atoms in total. The van der Waals surface area contributed by atoms with Crippen LogP contribution in [0.5, 0.6) is 0 Å². The number of thiophene rings is 1. The fourth-order valence-electron chi connectivity index (χ4n) is 2.22. The van der Waals surface area contributed by atoms with E-state index >= 15 is 0 Å². The predicted octanol–water partition coefficient (Wildman–Crippen LogP) is 2.07. The molecule has 2 aromatic heterocycles. The molecule has 1 aliphatic rings. The number of rotatable bonds is 4. The average molecular weight is 288 g/mol. The fourth-order valence-corrected chi connectivity index (χ4v) is 2.86. The number of hydrogen-bond donors (Lipinski definition) is 1. The van der Waals surface area contributed by atoms with Gasteiger partial charge in [0.25, 0.3) is 5.91 Å². The van der Waals surface area contributed by atoms with Crippen molar-refractivity contribution < 1.29 is 4.79 Å². The molecule has 0 atom stereocenters. The molecule has 6 heteroatoms. The van der Waals surface area contributed by atoms with Crippen molar-refractivity contribution in [3.63, 3.8) is 0 Å². The lowest BCUT2D eigenvalue weighted by atomic mass is 10.4. The number of nitrogens with one attached hydrogen (secondary N) is 1. The lowest BCUT2D eigenvalue weighted by molar-refractivity contribution is 0.0954. The topological polar surface area (TPSA) is 58.1 Å². The zero-order valence-electron chi connectivity index (χ0n) is 11.1. The highest BCUT2D eigenvalue weighted by molar-refractivity contribution is 7.12. The molecule has 0 spiro atoms. The zero-order chi connectivity index (χ0) is 13.8. The van der Waals surface area contributed by atoms with Gasteiger partial charge in [-0.2, -0.15) is 0 Å². The van der Waals surface area contributed by atoms with Crippen LogP contribution in [0.15, 0.2) is 29.8 Å². The largest absolute Gasteiger partial charge is 0.346 e. The number of nitrogens with zero attached hydrogens (tertiary/aromatic N) is 3. The fraction of sp³-hybridized carbons (Fsp3) is 0.357. The van der Waals surface area contributed by atoms with Crippen LogP contribution in [0.2, 0.25) is 0 Å². The van der Waals surface area contributed by atoms with Crippen LogP contribution in [0.25, 0.3) is 0 Å². The SMILES string of the molecule is O=C(NCc1ccnc(N2CCCC2)n1)c1cccs1. The molecule has 0 unspecified atom stereocenters. The second-order valence-corrected chi connectivity index (χ2v) is 5.65. The summed E-state index contributed by atoms with van der Waals surface area (Å²) < 4.78 is 0. The van der Waals surface area contributed by atoms with Gasteiger partial charge < -0.3 is 10.2 Å². The third-order valence-corrected chi connectivity index (χ3v) is 4.13. The molecule has 0 aromatic carbocycles. The van der Waals surface area contributed by atoms with E-state index in [1.807, 2.05) is 23.6 Å². The first-order chi connectivity index (χ1) is 9.83. The van der Waals surface area contributed by atoms with Crippen molar-refractivity contribution in [3.8, 4) is 0 Å². The first-order valence-electron chi connectivity index (χ1n) is 6.71. The van der Waals surface area contributed by atoms with Gasteiger partial charge in [0.1, 0.15) is 0 Å². The summed E-state index contributed by atoms with van der Waals surface area (Å²) in [4.78, 5) is 23.6. The minimum absolute atomic E-state index is 0.0543. The number of anilines is 1. The Bertz CT molecular complexity index is 579. The van der Waals surface area contributed by atoms with Crippen molar-refractivity contribution in [2.45, 2.75) is 19.4 Å². The Kier molecular flexibility index (Phi) is 3.92. The van der Waals surface area contributed by atoms with Crippen LogP contribution in [-0.4, -0.2) is 29.0 Å². The molecule has 3 heterocycles. The highest BCUT2D eigenvalue weighted by atomic mass is 32.1. The maximum atomic E-state index is 11.9. The van der Waals surface area contributed by atoms with E-state index in [9.17, 15) is 4.79 Å². The van der Waals surface area contributed by atoms with Gasteiger partial charge in [0.2, 0.25) is 5.95 Å². The van der Waals surface area contributed by atoms with Crippen molar-refractivity contribution in [2.24, 2.45) is 0 Å². The van der Waals surface area contributed by atoms with E-state index < -0.39 is 0 Å². The molecule has 0 radical (unpaired) electrons. The summed E-state index contributed by atoms with van der Waals surface area (Å²) in [7, 11) is 0. The standard InChI is InChI=1S/C14H16N4OS/c19-13(12-4-3-9-20-12)16-10-11-5-6-15-14(17-11)18-7-1-2-8-18/h3-6,9H,1-2,7-8,10H2,(H,16,19). The number of carbonyl (C=O) groups is 1. The predicted molar refractivity (Wildman–Crippen MR) is 79.0 cm³/mol. The molecule has 3 rings (SSSR count). The minimum atomic E-state index is -0.0543. The van der Waals surface area contributed by atoms with Gasteiger partial charge in [-0.1, -0.05) is 6.07 Å². The Balaban J connectivity index is 1.62. The van der Waals surface area contributed by atoms with E-state index in [1.165, 1.54) is 24.2 Å². The van der Waals surface area contributed by atoms with Gasteiger partial charge in [-0.05, 0) is 30.4 Å². The summed E-state index contributed by atoms with van der Waals surface area (Å²) in [5.74, 6) is 0.715. The van der Waals surface area contributed by atoms with E-state index in [2.05, 4.69) is 20.2 Å². The second kappa shape index (κ2) is 6.00. The molecule has 20 heavy (non-hydrogen) atoms. The van der Waals surface area contributed by atoms with Crippen LogP contribution in [0.3, 0.4) is 0 Å². The summed E-state index contributed by atoms with van der Waals surface area (Å²) in [5.41, 5.74) is 0.840. The van der Waals surface area contributed by atoms with Crippen molar-refractivity contribution >= 4 is 23.2 Å². The lowest BCUT2D eigenvalue weighted by Crippen LogP contribution is -2.24. The molecule has 1 saturated heterocycles. The van der Waals surface area contributed by atoms with Gasteiger partial charge in [0.05, 0.1) is 17.1 Å². The van der Waals surface area contributed by atoms with Gasteiger partial charge in [0, 0.05) is 19.3 Å². The maximum absolute atomic E-state index is 11.9. The third kappa shape index (κ3) is 2.96. The van der Waals surface area contributed by atoms with E-state index in [0.29, 0.717) is 6.54 Å². The smallest absolute Gasteiger partial charge is 0.261 e. The van der Waals surface area contributed by atoms with Gasteiger partial charge in [-0.3, -0.25) is 4.79 Å². The van der Waals surface area contributed by atoms with Crippen molar-refractivity contribution in [1.82, 2.24) is 15.3 Å². The van der Waals surface area contributed by atoms with Crippen LogP contribution in [0.1, 0.15) is 28.2 Å². The molecular weight excluding hydrogens is 272 g/mol. The number of hydrogen-bond acceptors (Lipinski definition) is 5. The zero-order valence-corrected chi connectivity index (χ0v) is 11.9. The van der Waals surface area contributed by atoms with Crippen molar-refractivity contribution in [2.75, 3.05) is 18.0 Å². The lowest BCUT2D eigenvalue weighted by Gasteiger charge is -2.15. The van der Waals surface area contributed by atoms with Crippen molar-refractivity contribution in [1.29, 1.82) is 0 Å². The summed E-state index contributed by atoms with van der Waals surface area (Å²) in [6.07, 6.45) is 4.15. The third-order valence-electron chi connectivity index (χ3n) is 3.26.